The van der Waals surface area contributed by atoms with E-state index < -0.39 is 0 Å². The molecule has 1 heterocycles. The van der Waals surface area contributed by atoms with Gasteiger partial charge < -0.3 is 9.84 Å². The van der Waals surface area contributed by atoms with Crippen LogP contribution in [-0.4, -0.2) is 11.7 Å². The molecule has 1 aromatic rings. The summed E-state index contributed by atoms with van der Waals surface area (Å²) in [5.41, 5.74) is 0.896. The molecule has 0 radical (unpaired) electrons. The van der Waals surface area contributed by atoms with Gasteiger partial charge in [0.15, 0.2) is 0 Å². The Morgan fingerprint density at radius 2 is 2.21 bits per heavy atom. The predicted octanol–water partition coefficient (Wildman–Crippen LogP) is 3.40. The first-order valence-electron chi connectivity index (χ1n) is 4.88. The number of hydrogen-bond acceptors (Lipinski definition) is 2. The van der Waals surface area contributed by atoms with Crippen LogP contribution in [-0.2, 0) is 4.74 Å². The summed E-state index contributed by atoms with van der Waals surface area (Å²) in [6.07, 6.45) is 3.35. The van der Waals surface area contributed by atoms with Gasteiger partial charge in [-0.1, -0.05) is 22.0 Å². The fourth-order valence-corrected chi connectivity index (χ4v) is 2.42. The Hall–Kier alpha value is -0.540. The second-order valence-corrected chi connectivity index (χ2v) is 4.38. The summed E-state index contributed by atoms with van der Waals surface area (Å²) < 4.78 is 6.57. The van der Waals surface area contributed by atoms with E-state index in [0.29, 0.717) is 5.75 Å². The van der Waals surface area contributed by atoms with Crippen LogP contribution in [0.1, 0.15) is 30.9 Å². The summed E-state index contributed by atoms with van der Waals surface area (Å²) in [4.78, 5) is 0. The predicted molar refractivity (Wildman–Crippen MR) is 58.4 cm³/mol. The summed E-state index contributed by atoms with van der Waals surface area (Å²) in [6, 6.07) is 5.47. The van der Waals surface area contributed by atoms with E-state index in [0.717, 1.165) is 29.5 Å². The lowest BCUT2D eigenvalue weighted by Crippen LogP contribution is -2.12. The highest BCUT2D eigenvalue weighted by Gasteiger charge is 2.21. The van der Waals surface area contributed by atoms with Crippen molar-refractivity contribution in [2.45, 2.75) is 25.4 Å². The third kappa shape index (κ3) is 1.93. The first kappa shape index (κ1) is 9.99. The van der Waals surface area contributed by atoms with E-state index >= 15 is 0 Å². The van der Waals surface area contributed by atoms with Gasteiger partial charge in [0.25, 0.3) is 0 Å². The summed E-state index contributed by atoms with van der Waals surface area (Å²) in [7, 11) is 0. The molecule has 0 spiro atoms. The molecule has 0 bridgehead atoms. The molecule has 1 unspecified atom stereocenters. The second kappa shape index (κ2) is 4.32. The van der Waals surface area contributed by atoms with Crippen LogP contribution >= 0.6 is 15.9 Å². The molecule has 2 rings (SSSR count). The van der Waals surface area contributed by atoms with Crippen molar-refractivity contribution in [3.63, 3.8) is 0 Å². The third-order valence-electron chi connectivity index (χ3n) is 2.53. The van der Waals surface area contributed by atoms with Crippen molar-refractivity contribution in [3.05, 3.63) is 28.2 Å². The van der Waals surface area contributed by atoms with Gasteiger partial charge in [-0.05, 0) is 31.4 Å². The van der Waals surface area contributed by atoms with Crippen molar-refractivity contribution in [1.82, 2.24) is 0 Å². The summed E-state index contributed by atoms with van der Waals surface area (Å²) in [6.45, 7) is 0.797. The zero-order chi connectivity index (χ0) is 9.97. The molecule has 1 fully saturated rings. The SMILES string of the molecule is Oc1cccc(Br)c1C1CCCCO1. The molecule has 1 aliphatic rings. The molecule has 14 heavy (non-hydrogen) atoms. The molecule has 1 aromatic carbocycles. The molecule has 3 heteroatoms. The van der Waals surface area contributed by atoms with Crippen LogP contribution in [0.3, 0.4) is 0 Å². The van der Waals surface area contributed by atoms with Crippen LogP contribution in [0, 0.1) is 0 Å². The number of phenols is 1. The Balaban J connectivity index is 2.29. The molecule has 2 nitrogen and oxygen atoms in total. The largest absolute Gasteiger partial charge is 0.508 e. The molecule has 0 saturated carbocycles. The maximum Gasteiger partial charge on any atom is 0.122 e. The van der Waals surface area contributed by atoms with Gasteiger partial charge in [-0.3, -0.25) is 0 Å². The molecule has 76 valence electrons. The number of benzene rings is 1. The van der Waals surface area contributed by atoms with Crippen LogP contribution in [0.2, 0.25) is 0 Å². The standard InChI is InChI=1S/C11H13BrO2/c12-8-4-3-5-9(13)11(8)10-6-1-2-7-14-10/h3-5,10,13H,1-2,6-7H2. The van der Waals surface area contributed by atoms with E-state index in [1.165, 1.54) is 6.42 Å². The van der Waals surface area contributed by atoms with Gasteiger partial charge in [0, 0.05) is 16.6 Å². The highest BCUT2D eigenvalue weighted by Crippen LogP contribution is 2.37. The average Bonchev–Trinajstić information content (AvgIpc) is 2.19. The van der Waals surface area contributed by atoms with E-state index in [4.69, 9.17) is 4.74 Å². The summed E-state index contributed by atoms with van der Waals surface area (Å²) >= 11 is 3.44. The third-order valence-corrected chi connectivity index (χ3v) is 3.22. The fraction of sp³-hybridized carbons (Fsp3) is 0.455. The number of rotatable bonds is 1. The lowest BCUT2D eigenvalue weighted by atomic mass is 10.0. The lowest BCUT2D eigenvalue weighted by molar-refractivity contribution is 0.0132. The first-order valence-corrected chi connectivity index (χ1v) is 5.67. The molecular weight excluding hydrogens is 244 g/mol. The highest BCUT2D eigenvalue weighted by atomic mass is 79.9. The minimum Gasteiger partial charge on any atom is -0.508 e. The Bertz CT molecular complexity index is 299. The minimum absolute atomic E-state index is 0.0549. The lowest BCUT2D eigenvalue weighted by Gasteiger charge is -2.24. The van der Waals surface area contributed by atoms with Crippen LogP contribution in [0.25, 0.3) is 0 Å². The van der Waals surface area contributed by atoms with Gasteiger partial charge in [0.05, 0.1) is 6.10 Å². The van der Waals surface area contributed by atoms with E-state index in [9.17, 15) is 5.11 Å². The molecule has 1 N–H and O–H groups in total. The monoisotopic (exact) mass is 256 g/mol. The van der Waals surface area contributed by atoms with Crippen molar-refractivity contribution in [3.8, 4) is 5.75 Å². The van der Waals surface area contributed by atoms with E-state index in [1.54, 1.807) is 6.07 Å². The zero-order valence-corrected chi connectivity index (χ0v) is 9.46. The van der Waals surface area contributed by atoms with E-state index in [-0.39, 0.29) is 6.10 Å². The Kier molecular flexibility index (Phi) is 3.08. The zero-order valence-electron chi connectivity index (χ0n) is 7.87. The number of hydrogen-bond donors (Lipinski definition) is 1. The molecular formula is C11H13BrO2. The van der Waals surface area contributed by atoms with Crippen LogP contribution in [0.15, 0.2) is 22.7 Å². The quantitative estimate of drug-likeness (QED) is 0.835. The van der Waals surface area contributed by atoms with Crippen molar-refractivity contribution in [2.75, 3.05) is 6.61 Å². The van der Waals surface area contributed by atoms with Crippen molar-refractivity contribution in [1.29, 1.82) is 0 Å². The van der Waals surface area contributed by atoms with Gasteiger partial charge in [-0.2, -0.15) is 0 Å². The molecule has 0 aromatic heterocycles. The van der Waals surface area contributed by atoms with Gasteiger partial charge >= 0.3 is 0 Å². The smallest absolute Gasteiger partial charge is 0.122 e. The second-order valence-electron chi connectivity index (χ2n) is 3.53. The normalized spacial score (nSPS) is 22.2. The highest BCUT2D eigenvalue weighted by molar-refractivity contribution is 9.10. The van der Waals surface area contributed by atoms with Gasteiger partial charge in [0.2, 0.25) is 0 Å². The van der Waals surface area contributed by atoms with Gasteiger partial charge in [-0.15, -0.1) is 0 Å². The van der Waals surface area contributed by atoms with Crippen LogP contribution in [0.5, 0.6) is 5.75 Å². The Morgan fingerprint density at radius 1 is 1.36 bits per heavy atom. The number of phenolic OH excluding ortho intramolecular Hbond substituents is 1. The van der Waals surface area contributed by atoms with Crippen molar-refractivity contribution >= 4 is 15.9 Å². The Morgan fingerprint density at radius 3 is 2.86 bits per heavy atom. The first-order chi connectivity index (χ1) is 6.79. The van der Waals surface area contributed by atoms with E-state index in [2.05, 4.69) is 15.9 Å². The number of aromatic hydroxyl groups is 1. The molecule has 0 amide bonds. The molecule has 0 aliphatic carbocycles. The number of halogens is 1. The Labute approximate surface area is 92.0 Å². The van der Waals surface area contributed by atoms with Crippen molar-refractivity contribution in [2.24, 2.45) is 0 Å². The summed E-state index contributed by atoms with van der Waals surface area (Å²) in [5.74, 6) is 0.325. The van der Waals surface area contributed by atoms with Crippen molar-refractivity contribution < 1.29 is 9.84 Å². The summed E-state index contributed by atoms with van der Waals surface area (Å²) in [5, 5.41) is 9.73. The average molecular weight is 257 g/mol. The fourth-order valence-electron chi connectivity index (χ4n) is 1.81. The minimum atomic E-state index is 0.0549. The van der Waals surface area contributed by atoms with Crippen LogP contribution < -0.4 is 0 Å². The van der Waals surface area contributed by atoms with Gasteiger partial charge in [0.1, 0.15) is 5.75 Å². The number of ether oxygens (including phenoxy) is 1. The maximum absolute atomic E-state index is 9.73. The molecule has 1 saturated heterocycles. The molecule has 1 atom stereocenters. The topological polar surface area (TPSA) is 29.5 Å². The maximum atomic E-state index is 9.73. The van der Waals surface area contributed by atoms with Gasteiger partial charge in [-0.25, -0.2) is 0 Å². The van der Waals surface area contributed by atoms with Crippen LogP contribution in [0.4, 0.5) is 0 Å². The van der Waals surface area contributed by atoms with E-state index in [1.807, 2.05) is 12.1 Å². The molecule has 1 aliphatic heterocycles.